The van der Waals surface area contributed by atoms with E-state index in [0.717, 1.165) is 5.56 Å². The van der Waals surface area contributed by atoms with Crippen molar-refractivity contribution in [2.75, 3.05) is 5.32 Å². The van der Waals surface area contributed by atoms with Crippen LogP contribution in [0, 0.1) is 0 Å². The summed E-state index contributed by atoms with van der Waals surface area (Å²) in [6.07, 6.45) is 1.71. The van der Waals surface area contributed by atoms with Gasteiger partial charge in [-0.3, -0.25) is 4.79 Å². The molecule has 2 aromatic rings. The molecule has 1 aromatic heterocycles. The van der Waals surface area contributed by atoms with Crippen LogP contribution in [0.25, 0.3) is 0 Å². The van der Waals surface area contributed by atoms with Gasteiger partial charge >= 0.3 is 0 Å². The van der Waals surface area contributed by atoms with Crippen molar-refractivity contribution in [1.29, 1.82) is 0 Å². The van der Waals surface area contributed by atoms with Crippen LogP contribution in [0.15, 0.2) is 48.7 Å². The third-order valence-corrected chi connectivity index (χ3v) is 3.69. The molecular formula is C19H25N3O. The van der Waals surface area contributed by atoms with E-state index < -0.39 is 0 Å². The monoisotopic (exact) mass is 311 g/mol. The van der Waals surface area contributed by atoms with Gasteiger partial charge in [0.1, 0.15) is 5.82 Å². The molecule has 1 aromatic carbocycles. The molecule has 0 aliphatic rings. The molecule has 0 bridgehead atoms. The molecular weight excluding hydrogens is 286 g/mol. The summed E-state index contributed by atoms with van der Waals surface area (Å²) in [6, 6.07) is 14.0. The highest BCUT2D eigenvalue weighted by molar-refractivity contribution is 5.99. The summed E-state index contributed by atoms with van der Waals surface area (Å²) in [4.78, 5) is 19.1. The van der Waals surface area contributed by atoms with Gasteiger partial charge in [0.15, 0.2) is 0 Å². The normalized spacial score (nSPS) is 10.9. The molecule has 2 rings (SSSR count). The molecule has 122 valence electrons. The van der Waals surface area contributed by atoms with Crippen LogP contribution < -0.4 is 5.32 Å². The lowest BCUT2D eigenvalue weighted by Gasteiger charge is -2.31. The molecule has 0 aliphatic carbocycles. The van der Waals surface area contributed by atoms with Crippen molar-refractivity contribution >= 4 is 11.7 Å². The largest absolute Gasteiger partial charge is 0.365 e. The van der Waals surface area contributed by atoms with E-state index in [-0.39, 0.29) is 18.0 Å². The maximum Gasteiger partial charge on any atom is 0.258 e. The number of hydrogen-bond donors (Lipinski definition) is 1. The Hall–Kier alpha value is -2.36. The number of amides is 1. The van der Waals surface area contributed by atoms with Crippen molar-refractivity contribution in [3.63, 3.8) is 0 Å². The molecule has 0 saturated carbocycles. The van der Waals surface area contributed by atoms with Crippen molar-refractivity contribution < 1.29 is 4.79 Å². The van der Waals surface area contributed by atoms with Crippen LogP contribution in [0.2, 0.25) is 0 Å². The minimum atomic E-state index is 0.0126. The van der Waals surface area contributed by atoms with Gasteiger partial charge in [-0.25, -0.2) is 4.98 Å². The van der Waals surface area contributed by atoms with Gasteiger partial charge in [0.2, 0.25) is 0 Å². The maximum absolute atomic E-state index is 12.9. The summed E-state index contributed by atoms with van der Waals surface area (Å²) in [5, 5.41) is 3.28. The molecule has 0 radical (unpaired) electrons. The second kappa shape index (κ2) is 7.77. The number of rotatable bonds is 6. The van der Waals surface area contributed by atoms with Gasteiger partial charge in [0, 0.05) is 24.8 Å². The smallest absolute Gasteiger partial charge is 0.258 e. The van der Waals surface area contributed by atoms with Gasteiger partial charge in [-0.15, -0.1) is 0 Å². The summed E-state index contributed by atoms with van der Waals surface area (Å²) in [6.45, 7) is 8.77. The fraction of sp³-hybridized carbons (Fsp3) is 0.368. The molecule has 23 heavy (non-hydrogen) atoms. The molecule has 0 spiro atoms. The Kier molecular flexibility index (Phi) is 5.74. The van der Waals surface area contributed by atoms with Crippen molar-refractivity contribution in [2.45, 2.75) is 46.3 Å². The second-order valence-electron chi connectivity index (χ2n) is 6.14. The molecule has 1 amide bonds. The minimum Gasteiger partial charge on any atom is -0.365 e. The van der Waals surface area contributed by atoms with Crippen molar-refractivity contribution in [2.24, 2.45) is 0 Å². The lowest BCUT2D eigenvalue weighted by molar-refractivity contribution is 0.0644. The zero-order valence-corrected chi connectivity index (χ0v) is 14.3. The van der Waals surface area contributed by atoms with E-state index >= 15 is 0 Å². The van der Waals surface area contributed by atoms with Crippen molar-refractivity contribution in [3.8, 4) is 0 Å². The molecule has 1 heterocycles. The van der Waals surface area contributed by atoms with Crippen LogP contribution >= 0.6 is 0 Å². The second-order valence-corrected chi connectivity index (χ2v) is 6.14. The molecule has 4 heteroatoms. The van der Waals surface area contributed by atoms with E-state index in [1.165, 1.54) is 0 Å². The van der Waals surface area contributed by atoms with Gasteiger partial charge in [0.25, 0.3) is 5.91 Å². The van der Waals surface area contributed by atoms with Crippen LogP contribution in [0.5, 0.6) is 0 Å². The summed E-state index contributed by atoms with van der Waals surface area (Å²) in [5.74, 6) is 0.645. The Morgan fingerprint density at radius 1 is 1.04 bits per heavy atom. The quantitative estimate of drug-likeness (QED) is 0.878. The van der Waals surface area contributed by atoms with E-state index in [1.807, 2.05) is 69.0 Å². The first-order valence-electron chi connectivity index (χ1n) is 8.06. The predicted molar refractivity (Wildman–Crippen MR) is 94.4 cm³/mol. The van der Waals surface area contributed by atoms with E-state index in [2.05, 4.69) is 10.3 Å². The number of hydrogen-bond acceptors (Lipinski definition) is 3. The molecule has 0 aliphatic heterocycles. The van der Waals surface area contributed by atoms with E-state index in [9.17, 15) is 4.79 Å². The Bertz CT molecular complexity index is 630. The summed E-state index contributed by atoms with van der Waals surface area (Å²) in [7, 11) is 0. The molecule has 0 saturated heterocycles. The third-order valence-electron chi connectivity index (χ3n) is 3.69. The molecule has 0 atom stereocenters. The molecule has 4 nitrogen and oxygen atoms in total. The first-order chi connectivity index (χ1) is 11.0. The number of benzene rings is 1. The number of anilines is 1. The van der Waals surface area contributed by atoms with Gasteiger partial charge in [0.05, 0.1) is 5.56 Å². The number of nitrogens with one attached hydrogen (secondary N) is 1. The van der Waals surface area contributed by atoms with Crippen LogP contribution in [0.4, 0.5) is 5.82 Å². The summed E-state index contributed by atoms with van der Waals surface area (Å²) >= 11 is 0. The molecule has 1 N–H and O–H groups in total. The number of aromatic nitrogens is 1. The summed E-state index contributed by atoms with van der Waals surface area (Å²) in [5.41, 5.74) is 1.77. The number of carbonyl (C=O) groups excluding carboxylic acids is 1. The highest BCUT2D eigenvalue weighted by atomic mass is 16.2. The molecule has 0 unspecified atom stereocenters. The lowest BCUT2D eigenvalue weighted by atomic mass is 10.1. The zero-order valence-electron chi connectivity index (χ0n) is 14.3. The van der Waals surface area contributed by atoms with E-state index in [4.69, 9.17) is 0 Å². The zero-order chi connectivity index (χ0) is 16.8. The lowest BCUT2D eigenvalue weighted by Crippen LogP contribution is -2.42. The predicted octanol–water partition coefficient (Wildman–Crippen LogP) is 3.95. The highest BCUT2D eigenvalue weighted by Crippen LogP contribution is 2.18. The van der Waals surface area contributed by atoms with Crippen LogP contribution in [-0.4, -0.2) is 27.9 Å². The van der Waals surface area contributed by atoms with Crippen molar-refractivity contribution in [3.05, 3.63) is 59.8 Å². The molecule has 0 fully saturated rings. The average molecular weight is 311 g/mol. The van der Waals surface area contributed by atoms with Crippen LogP contribution in [0.1, 0.15) is 43.6 Å². The Morgan fingerprint density at radius 2 is 1.70 bits per heavy atom. The van der Waals surface area contributed by atoms with E-state index in [1.54, 1.807) is 12.3 Å². The fourth-order valence-electron chi connectivity index (χ4n) is 2.70. The fourth-order valence-corrected chi connectivity index (χ4v) is 2.70. The van der Waals surface area contributed by atoms with Gasteiger partial charge in [-0.1, -0.05) is 30.3 Å². The third kappa shape index (κ3) is 4.31. The topological polar surface area (TPSA) is 45.2 Å². The van der Waals surface area contributed by atoms with Gasteiger partial charge < -0.3 is 10.2 Å². The standard InChI is InChI=1S/C19H25N3O/c1-14(2)22(15(3)4)19(23)17-11-8-12-20-18(17)21-13-16-9-6-5-7-10-16/h5-12,14-15H,13H2,1-4H3,(H,20,21). The highest BCUT2D eigenvalue weighted by Gasteiger charge is 2.24. The Labute approximate surface area is 138 Å². The number of pyridine rings is 1. The number of nitrogens with zero attached hydrogens (tertiary/aromatic N) is 2. The van der Waals surface area contributed by atoms with Gasteiger partial charge in [-0.05, 0) is 45.4 Å². The van der Waals surface area contributed by atoms with Crippen LogP contribution in [0.3, 0.4) is 0 Å². The number of carbonyl (C=O) groups is 1. The first-order valence-corrected chi connectivity index (χ1v) is 8.06. The Morgan fingerprint density at radius 3 is 2.30 bits per heavy atom. The first kappa shape index (κ1) is 17.0. The van der Waals surface area contributed by atoms with E-state index in [0.29, 0.717) is 17.9 Å². The maximum atomic E-state index is 12.9. The summed E-state index contributed by atoms with van der Waals surface area (Å²) < 4.78 is 0. The van der Waals surface area contributed by atoms with Crippen LogP contribution in [-0.2, 0) is 6.54 Å². The minimum absolute atomic E-state index is 0.0126. The van der Waals surface area contributed by atoms with Gasteiger partial charge in [-0.2, -0.15) is 0 Å². The SMILES string of the molecule is CC(C)N(C(=O)c1cccnc1NCc1ccccc1)C(C)C. The Balaban J connectivity index is 2.21. The average Bonchev–Trinajstić information content (AvgIpc) is 2.53. The van der Waals surface area contributed by atoms with Crippen molar-refractivity contribution in [1.82, 2.24) is 9.88 Å².